The quantitative estimate of drug-likeness (QED) is 0.585. The Labute approximate surface area is 135 Å². The monoisotopic (exact) mass is 324 g/mol. The fourth-order valence-electron chi connectivity index (χ4n) is 1.43. The Bertz CT molecular complexity index is 606. The molecule has 0 saturated carbocycles. The van der Waals surface area contributed by atoms with Crippen molar-refractivity contribution >= 4 is 18.1 Å². The Hall–Kier alpha value is -2.38. The number of hydrogen-bond acceptors (Lipinski definition) is 5. The topological polar surface area (TPSA) is 94.8 Å². The summed E-state index contributed by atoms with van der Waals surface area (Å²) in [6, 6.07) is 0. The van der Waals surface area contributed by atoms with Gasteiger partial charge in [-0.2, -0.15) is 5.10 Å². The molecule has 1 aromatic heterocycles. The molecule has 0 radical (unpaired) electrons. The van der Waals surface area contributed by atoms with Crippen LogP contribution < -0.4 is 5.32 Å². The first-order valence-corrected chi connectivity index (χ1v) is 7.19. The van der Waals surface area contributed by atoms with Crippen molar-refractivity contribution in [2.75, 3.05) is 0 Å². The number of carbonyl (C=O) groups excluding carboxylic acids is 2. The van der Waals surface area contributed by atoms with Gasteiger partial charge in [-0.3, -0.25) is 5.32 Å². The van der Waals surface area contributed by atoms with E-state index in [1.807, 2.05) is 6.92 Å². The van der Waals surface area contributed by atoms with Gasteiger partial charge in [0.1, 0.15) is 11.2 Å². The number of carbonyl (C=O) groups is 2. The second kappa shape index (κ2) is 6.80. The molecule has 8 nitrogen and oxygen atoms in total. The van der Waals surface area contributed by atoms with E-state index >= 15 is 0 Å². The highest BCUT2D eigenvalue weighted by molar-refractivity contribution is 5.99. The van der Waals surface area contributed by atoms with E-state index in [-0.39, 0.29) is 5.96 Å². The number of rotatable bonds is 0. The Morgan fingerprint density at radius 3 is 2.13 bits per heavy atom. The maximum atomic E-state index is 11.9. The Balaban J connectivity index is 2.99. The molecule has 0 aliphatic rings. The zero-order valence-electron chi connectivity index (χ0n) is 14.6. The van der Waals surface area contributed by atoms with Crippen molar-refractivity contribution in [3.05, 3.63) is 18.0 Å². The van der Waals surface area contributed by atoms with Gasteiger partial charge >= 0.3 is 12.2 Å². The van der Waals surface area contributed by atoms with Crippen LogP contribution in [-0.4, -0.2) is 39.1 Å². The predicted molar refractivity (Wildman–Crippen MR) is 85.4 cm³/mol. The highest BCUT2D eigenvalue weighted by Gasteiger charge is 2.21. The first-order valence-electron chi connectivity index (χ1n) is 7.19. The van der Waals surface area contributed by atoms with Gasteiger partial charge in [0.15, 0.2) is 0 Å². The molecule has 0 unspecified atom stereocenters. The fraction of sp³-hybridized carbons (Fsp3) is 0.600. The van der Waals surface area contributed by atoms with E-state index in [9.17, 15) is 9.59 Å². The van der Waals surface area contributed by atoms with Gasteiger partial charge in [0, 0.05) is 6.20 Å². The molecule has 0 bridgehead atoms. The van der Waals surface area contributed by atoms with Crippen molar-refractivity contribution in [1.82, 2.24) is 15.1 Å². The van der Waals surface area contributed by atoms with E-state index in [1.165, 1.54) is 4.68 Å². The average Bonchev–Trinajstić information content (AvgIpc) is 2.69. The molecule has 0 fully saturated rings. The van der Waals surface area contributed by atoms with Crippen LogP contribution in [0.3, 0.4) is 0 Å². The van der Waals surface area contributed by atoms with Gasteiger partial charge in [-0.25, -0.2) is 14.3 Å². The lowest BCUT2D eigenvalue weighted by Crippen LogP contribution is -2.40. The van der Waals surface area contributed by atoms with E-state index in [1.54, 1.807) is 53.9 Å². The normalized spacial score (nSPS) is 12.7. The lowest BCUT2D eigenvalue weighted by molar-refractivity contribution is 0.0560. The smallest absolute Gasteiger partial charge is 0.437 e. The van der Waals surface area contributed by atoms with Crippen molar-refractivity contribution in [3.8, 4) is 0 Å². The van der Waals surface area contributed by atoms with Crippen molar-refractivity contribution < 1.29 is 19.1 Å². The van der Waals surface area contributed by atoms with Gasteiger partial charge in [-0.05, 0) is 54.0 Å². The van der Waals surface area contributed by atoms with Crippen LogP contribution in [0.2, 0.25) is 0 Å². The maximum absolute atomic E-state index is 11.9. The number of nitrogens with zero attached hydrogens (tertiary/aromatic N) is 3. The summed E-state index contributed by atoms with van der Waals surface area (Å²) in [6.45, 7) is 12.2. The van der Waals surface area contributed by atoms with E-state index in [2.05, 4.69) is 15.4 Å². The predicted octanol–water partition coefficient (Wildman–Crippen LogP) is 2.86. The molecule has 1 heterocycles. The first-order chi connectivity index (χ1) is 10.4. The van der Waals surface area contributed by atoms with E-state index in [4.69, 9.17) is 9.47 Å². The van der Waals surface area contributed by atoms with Crippen LogP contribution in [0, 0.1) is 6.92 Å². The van der Waals surface area contributed by atoms with E-state index in [0.717, 1.165) is 5.56 Å². The second-order valence-corrected chi connectivity index (χ2v) is 7.00. The molecule has 23 heavy (non-hydrogen) atoms. The summed E-state index contributed by atoms with van der Waals surface area (Å²) in [6.07, 6.45) is 1.60. The summed E-state index contributed by atoms with van der Waals surface area (Å²) >= 11 is 0. The van der Waals surface area contributed by atoms with Crippen LogP contribution in [0.15, 0.2) is 17.4 Å². The van der Waals surface area contributed by atoms with Gasteiger partial charge in [-0.1, -0.05) is 0 Å². The molecule has 1 aromatic rings. The van der Waals surface area contributed by atoms with Crippen LogP contribution in [0.25, 0.3) is 0 Å². The number of hydrogen-bond donors (Lipinski definition) is 1. The highest BCUT2D eigenvalue weighted by atomic mass is 16.6. The number of nitrogens with one attached hydrogen (secondary N) is 1. The van der Waals surface area contributed by atoms with Gasteiger partial charge in [-0.15, -0.1) is 4.99 Å². The van der Waals surface area contributed by atoms with Gasteiger partial charge < -0.3 is 9.47 Å². The summed E-state index contributed by atoms with van der Waals surface area (Å²) in [4.78, 5) is 27.5. The molecule has 0 aromatic carbocycles. The van der Waals surface area contributed by atoms with Crippen LogP contribution in [0.1, 0.15) is 47.1 Å². The van der Waals surface area contributed by atoms with Gasteiger partial charge in [0.25, 0.3) is 0 Å². The number of amides is 2. The maximum Gasteiger partial charge on any atom is 0.437 e. The largest absolute Gasteiger partial charge is 0.444 e. The lowest BCUT2D eigenvalue weighted by Gasteiger charge is -2.20. The molecule has 1 N–H and O–H groups in total. The molecule has 1 rings (SSSR count). The summed E-state index contributed by atoms with van der Waals surface area (Å²) in [5.41, 5.74) is -0.536. The van der Waals surface area contributed by atoms with Gasteiger partial charge in [0.2, 0.25) is 5.96 Å². The number of aliphatic imine (C=N–C) groups is 1. The Kier molecular flexibility index (Phi) is 5.52. The number of alkyl carbamates (subject to hydrolysis) is 1. The third-order valence-corrected chi connectivity index (χ3v) is 2.13. The number of aryl methyl sites for hydroxylation is 1. The van der Waals surface area contributed by atoms with Crippen LogP contribution in [-0.2, 0) is 9.47 Å². The summed E-state index contributed by atoms with van der Waals surface area (Å²) in [5, 5.41) is 6.43. The van der Waals surface area contributed by atoms with Crippen molar-refractivity contribution in [1.29, 1.82) is 0 Å². The Morgan fingerprint density at radius 2 is 1.70 bits per heavy atom. The van der Waals surface area contributed by atoms with E-state index in [0.29, 0.717) is 0 Å². The summed E-state index contributed by atoms with van der Waals surface area (Å²) in [7, 11) is 0. The molecule has 8 heteroatoms. The molecule has 128 valence electrons. The van der Waals surface area contributed by atoms with Crippen molar-refractivity contribution in [2.45, 2.75) is 59.7 Å². The summed E-state index contributed by atoms with van der Waals surface area (Å²) in [5.74, 6) is -0.0957. The summed E-state index contributed by atoms with van der Waals surface area (Å²) < 4.78 is 11.5. The molecule has 0 aliphatic heterocycles. The Morgan fingerprint density at radius 1 is 1.13 bits per heavy atom. The third kappa shape index (κ3) is 7.44. The first kappa shape index (κ1) is 18.7. The molecule has 2 amide bonds. The minimum atomic E-state index is -0.836. The zero-order valence-corrected chi connectivity index (χ0v) is 14.6. The van der Waals surface area contributed by atoms with Crippen molar-refractivity contribution in [2.24, 2.45) is 4.99 Å². The minimum Gasteiger partial charge on any atom is -0.444 e. The number of ether oxygens (including phenoxy) is 2. The minimum absolute atomic E-state index is 0.0957. The third-order valence-electron chi connectivity index (χ3n) is 2.13. The second-order valence-electron chi connectivity index (χ2n) is 7.00. The standard InChI is InChI=1S/C15H24N4O4/c1-10-8-16-19(9-10)11(17-12(20)22-14(2,3)4)18-13(21)23-15(5,6)7/h8-9H,1-7H3,(H,17,18,20,21). The van der Waals surface area contributed by atoms with Crippen LogP contribution in [0.5, 0.6) is 0 Å². The fourth-order valence-corrected chi connectivity index (χ4v) is 1.43. The lowest BCUT2D eigenvalue weighted by atomic mass is 10.2. The molecule has 0 aliphatic carbocycles. The highest BCUT2D eigenvalue weighted by Crippen LogP contribution is 2.09. The van der Waals surface area contributed by atoms with Crippen LogP contribution in [0.4, 0.5) is 9.59 Å². The molecule has 0 saturated heterocycles. The SMILES string of the molecule is Cc1cnn(C(=NC(=O)OC(C)(C)C)NC(=O)OC(C)(C)C)c1. The number of aromatic nitrogens is 2. The molecule has 0 atom stereocenters. The molecular weight excluding hydrogens is 300 g/mol. The zero-order chi connectivity index (χ0) is 17.8. The van der Waals surface area contributed by atoms with Gasteiger partial charge in [0.05, 0.1) is 6.20 Å². The van der Waals surface area contributed by atoms with Crippen LogP contribution >= 0.6 is 0 Å². The molecular formula is C15H24N4O4. The van der Waals surface area contributed by atoms with E-state index < -0.39 is 23.4 Å². The van der Waals surface area contributed by atoms with Crippen molar-refractivity contribution in [3.63, 3.8) is 0 Å². The average molecular weight is 324 g/mol. The molecule has 0 spiro atoms.